The lowest BCUT2D eigenvalue weighted by Gasteiger charge is -2.11. The van der Waals surface area contributed by atoms with Crippen molar-refractivity contribution < 1.29 is 9.59 Å². The fraction of sp³-hybridized carbons (Fsp3) is 0.0588. The Morgan fingerprint density at radius 3 is 1.30 bits per heavy atom. The lowest BCUT2D eigenvalue weighted by Crippen LogP contribution is -2.21. The summed E-state index contributed by atoms with van der Waals surface area (Å²) in [4.78, 5) is 27.9. The minimum absolute atomic E-state index is 0.162. The zero-order valence-corrected chi connectivity index (χ0v) is 24.4. The van der Waals surface area contributed by atoms with E-state index < -0.39 is 0 Å². The highest BCUT2D eigenvalue weighted by atomic mass is 32.2. The van der Waals surface area contributed by atoms with Crippen LogP contribution in [0.25, 0.3) is 0 Å². The average Bonchev–Trinajstić information content (AvgIpc) is 3.49. The number of hydrazone groups is 2. The number of benzene rings is 4. The topological polar surface area (TPSA) is 89.4 Å². The van der Waals surface area contributed by atoms with E-state index in [2.05, 4.69) is 20.8 Å². The largest absolute Gasteiger partial charge is 0.361 e. The Hall–Kier alpha value is -5.41. The average molecular weight is 585 g/mol. The van der Waals surface area contributed by atoms with Crippen LogP contribution in [0.5, 0.6) is 0 Å². The fourth-order valence-corrected chi connectivity index (χ4v) is 5.36. The SMILES string of the molecule is CC1=NN(c2ccccc2)C(=O)C1=CNc1ccc(Sc2ccc(NC=C3C(=O)N(c4ccccc4)N=C3C)cc2)cc1. The summed E-state index contributed by atoms with van der Waals surface area (Å²) in [6.45, 7) is 3.66. The van der Waals surface area contributed by atoms with E-state index in [9.17, 15) is 9.59 Å². The number of carbonyl (C=O) groups excluding carboxylic acids is 2. The van der Waals surface area contributed by atoms with E-state index >= 15 is 0 Å². The quantitative estimate of drug-likeness (QED) is 0.213. The molecule has 0 unspecified atom stereocenters. The van der Waals surface area contributed by atoms with Crippen LogP contribution in [0.2, 0.25) is 0 Å². The molecule has 0 fully saturated rings. The summed E-state index contributed by atoms with van der Waals surface area (Å²) >= 11 is 1.64. The van der Waals surface area contributed by atoms with Gasteiger partial charge in [-0.1, -0.05) is 48.2 Å². The summed E-state index contributed by atoms with van der Waals surface area (Å²) in [6, 6.07) is 34.8. The van der Waals surface area contributed by atoms with Gasteiger partial charge in [0.15, 0.2) is 0 Å². The highest BCUT2D eigenvalue weighted by molar-refractivity contribution is 7.99. The van der Waals surface area contributed by atoms with E-state index in [0.29, 0.717) is 22.6 Å². The van der Waals surface area contributed by atoms with E-state index in [1.54, 1.807) is 24.2 Å². The van der Waals surface area contributed by atoms with E-state index in [1.165, 1.54) is 10.0 Å². The number of rotatable bonds is 8. The van der Waals surface area contributed by atoms with Crippen LogP contribution in [0.4, 0.5) is 22.7 Å². The molecular weight excluding hydrogens is 556 g/mol. The molecule has 0 bridgehead atoms. The normalized spacial score (nSPS) is 16.6. The molecule has 4 aromatic carbocycles. The minimum Gasteiger partial charge on any atom is -0.361 e. The first-order valence-electron chi connectivity index (χ1n) is 13.7. The third-order valence-corrected chi connectivity index (χ3v) is 7.85. The van der Waals surface area contributed by atoms with Crippen molar-refractivity contribution in [1.82, 2.24) is 0 Å². The van der Waals surface area contributed by atoms with E-state index in [4.69, 9.17) is 0 Å². The van der Waals surface area contributed by atoms with E-state index in [0.717, 1.165) is 32.5 Å². The molecule has 0 aliphatic carbocycles. The Morgan fingerprint density at radius 1 is 0.558 bits per heavy atom. The first-order valence-corrected chi connectivity index (χ1v) is 14.5. The molecule has 0 saturated carbocycles. The Morgan fingerprint density at radius 2 is 0.930 bits per heavy atom. The number of hydrogen-bond acceptors (Lipinski definition) is 7. The monoisotopic (exact) mass is 584 g/mol. The van der Waals surface area contributed by atoms with Crippen LogP contribution < -0.4 is 20.7 Å². The molecule has 212 valence electrons. The van der Waals surface area contributed by atoms with Gasteiger partial charge in [0.25, 0.3) is 11.8 Å². The van der Waals surface area contributed by atoms with Crippen molar-refractivity contribution in [2.75, 3.05) is 20.7 Å². The fourth-order valence-electron chi connectivity index (χ4n) is 4.54. The van der Waals surface area contributed by atoms with Gasteiger partial charge in [0, 0.05) is 33.6 Å². The Balaban J connectivity index is 1.04. The second-order valence-corrected chi connectivity index (χ2v) is 11.0. The second kappa shape index (κ2) is 12.2. The van der Waals surface area contributed by atoms with Gasteiger partial charge in [-0.15, -0.1) is 0 Å². The van der Waals surface area contributed by atoms with Crippen molar-refractivity contribution in [3.05, 3.63) is 133 Å². The summed E-state index contributed by atoms with van der Waals surface area (Å²) in [6.07, 6.45) is 3.41. The molecule has 6 rings (SSSR count). The lowest BCUT2D eigenvalue weighted by molar-refractivity contribution is -0.115. The van der Waals surface area contributed by atoms with Crippen molar-refractivity contribution in [3.8, 4) is 0 Å². The molecule has 9 heteroatoms. The summed E-state index contributed by atoms with van der Waals surface area (Å²) < 4.78 is 0. The maximum absolute atomic E-state index is 12.9. The highest BCUT2D eigenvalue weighted by Crippen LogP contribution is 2.30. The molecule has 0 atom stereocenters. The summed E-state index contributed by atoms with van der Waals surface area (Å²) in [7, 11) is 0. The number of nitrogens with zero attached hydrogens (tertiary/aromatic N) is 4. The molecule has 8 nitrogen and oxygen atoms in total. The number of carbonyl (C=O) groups is 2. The van der Waals surface area contributed by atoms with Gasteiger partial charge in [-0.05, 0) is 86.6 Å². The van der Waals surface area contributed by atoms with Crippen molar-refractivity contribution >= 4 is 57.7 Å². The zero-order valence-electron chi connectivity index (χ0n) is 23.6. The van der Waals surface area contributed by atoms with Gasteiger partial charge in [0.05, 0.1) is 33.9 Å². The van der Waals surface area contributed by atoms with Gasteiger partial charge in [-0.3, -0.25) is 9.59 Å². The maximum Gasteiger partial charge on any atom is 0.282 e. The molecule has 2 aliphatic heterocycles. The van der Waals surface area contributed by atoms with Crippen molar-refractivity contribution in [2.45, 2.75) is 23.6 Å². The standard InChI is InChI=1S/C34H28N6O2S/c1-23-31(33(41)39(37-23)27-9-5-3-6-10-27)21-35-25-13-17-29(18-14-25)43-30-19-15-26(16-20-30)36-22-32-24(2)38-40(34(32)42)28-11-7-4-8-12-28/h3-22,35-36H,1-2H3. The van der Waals surface area contributed by atoms with Crippen LogP contribution >= 0.6 is 11.8 Å². The number of hydrogen-bond donors (Lipinski definition) is 2. The molecule has 2 amide bonds. The van der Waals surface area contributed by atoms with Gasteiger partial charge in [0.2, 0.25) is 0 Å². The van der Waals surface area contributed by atoms with Crippen LogP contribution in [0.3, 0.4) is 0 Å². The Labute approximate surface area is 254 Å². The van der Waals surface area contributed by atoms with Crippen LogP contribution in [-0.4, -0.2) is 23.2 Å². The summed E-state index contributed by atoms with van der Waals surface area (Å²) in [5.41, 5.74) is 5.59. The van der Waals surface area contributed by atoms with Crippen molar-refractivity contribution in [1.29, 1.82) is 0 Å². The predicted molar refractivity (Wildman–Crippen MR) is 174 cm³/mol. The van der Waals surface area contributed by atoms with Gasteiger partial charge >= 0.3 is 0 Å². The number of para-hydroxylation sites is 2. The Kier molecular flexibility index (Phi) is 7.88. The molecule has 0 aromatic heterocycles. The minimum atomic E-state index is -0.162. The molecule has 2 heterocycles. The van der Waals surface area contributed by atoms with Crippen LogP contribution in [0, 0.1) is 0 Å². The van der Waals surface area contributed by atoms with Gasteiger partial charge in [-0.25, -0.2) is 0 Å². The zero-order chi connectivity index (χ0) is 29.8. The molecule has 0 spiro atoms. The Bertz CT molecular complexity index is 1650. The van der Waals surface area contributed by atoms with Crippen molar-refractivity contribution in [3.63, 3.8) is 0 Å². The number of amides is 2. The third kappa shape index (κ3) is 6.12. The summed E-state index contributed by atoms with van der Waals surface area (Å²) in [5, 5.41) is 18.1. The molecule has 43 heavy (non-hydrogen) atoms. The van der Waals surface area contributed by atoms with Gasteiger partial charge in [-0.2, -0.15) is 20.2 Å². The van der Waals surface area contributed by atoms with E-state index in [-0.39, 0.29) is 11.8 Å². The molecule has 0 saturated heterocycles. The first kappa shape index (κ1) is 27.7. The molecule has 2 N–H and O–H groups in total. The second-order valence-electron chi connectivity index (χ2n) is 9.83. The third-order valence-electron chi connectivity index (χ3n) is 6.84. The predicted octanol–water partition coefficient (Wildman–Crippen LogP) is 7.27. The highest BCUT2D eigenvalue weighted by Gasteiger charge is 2.29. The number of anilines is 4. The van der Waals surface area contributed by atoms with Crippen molar-refractivity contribution in [2.24, 2.45) is 10.2 Å². The molecule has 4 aromatic rings. The lowest BCUT2D eigenvalue weighted by atomic mass is 10.2. The molecule has 0 radical (unpaired) electrons. The van der Waals surface area contributed by atoms with Gasteiger partial charge < -0.3 is 10.6 Å². The van der Waals surface area contributed by atoms with E-state index in [1.807, 2.05) is 123 Å². The van der Waals surface area contributed by atoms with Crippen LogP contribution in [0.1, 0.15) is 13.8 Å². The van der Waals surface area contributed by atoms with Crippen LogP contribution in [-0.2, 0) is 9.59 Å². The number of nitrogens with one attached hydrogen (secondary N) is 2. The summed E-state index contributed by atoms with van der Waals surface area (Å²) in [5.74, 6) is -0.324. The maximum atomic E-state index is 12.9. The van der Waals surface area contributed by atoms with Crippen LogP contribution in [0.15, 0.2) is 153 Å². The first-order chi connectivity index (χ1) is 21.0. The smallest absolute Gasteiger partial charge is 0.282 e. The molecule has 2 aliphatic rings. The molecular formula is C34H28N6O2S. The van der Waals surface area contributed by atoms with Gasteiger partial charge in [0.1, 0.15) is 0 Å².